The molecular weight excluding hydrogens is 428 g/mol. The van der Waals surface area contributed by atoms with E-state index in [1.807, 2.05) is 6.92 Å². The average molecular weight is 465 g/mol. The lowest BCUT2D eigenvalue weighted by Gasteiger charge is -2.21. The number of hydrogen-bond acceptors (Lipinski definition) is 5. The first kappa shape index (κ1) is 29.3. The smallest absolute Gasteiger partial charge is 0.327 e. The molecule has 1 atom stereocenters. The first-order valence-corrected chi connectivity index (χ1v) is 11.7. The van der Waals surface area contributed by atoms with Crippen molar-refractivity contribution < 1.29 is 19.5 Å². The molecule has 9 heteroatoms. The van der Waals surface area contributed by atoms with E-state index < -0.39 is 30.5 Å². The minimum Gasteiger partial charge on any atom is -0.480 e. The first-order chi connectivity index (χ1) is 15.1. The van der Waals surface area contributed by atoms with Crippen LogP contribution >= 0.6 is 11.8 Å². The van der Waals surface area contributed by atoms with Gasteiger partial charge in [0.2, 0.25) is 5.91 Å². The number of hydrogen-bond donors (Lipinski definition) is 3. The van der Waals surface area contributed by atoms with Crippen LogP contribution < -0.4 is 11.1 Å². The number of carbonyl (C=O) groups is 3. The van der Waals surface area contributed by atoms with Gasteiger partial charge in [0.05, 0.1) is 6.07 Å². The maximum absolute atomic E-state index is 12.2. The first-order valence-electron chi connectivity index (χ1n) is 10.5. The summed E-state index contributed by atoms with van der Waals surface area (Å²) in [7, 11) is 0. The number of carboxylic acids is 1. The Bertz CT molecular complexity index is 764. The highest BCUT2D eigenvalue weighted by Crippen LogP contribution is 2.13. The Morgan fingerprint density at radius 1 is 1.09 bits per heavy atom. The van der Waals surface area contributed by atoms with E-state index in [-0.39, 0.29) is 12.3 Å². The highest BCUT2D eigenvalue weighted by molar-refractivity contribution is 7.99. The average Bonchev–Trinajstić information content (AvgIpc) is 2.69. The van der Waals surface area contributed by atoms with Gasteiger partial charge in [-0.05, 0) is 53.4 Å². The summed E-state index contributed by atoms with van der Waals surface area (Å²) in [6.07, 6.45) is 10.6. The lowest BCUT2D eigenvalue weighted by Crippen LogP contribution is -2.51. The van der Waals surface area contributed by atoms with Crippen LogP contribution in [0.5, 0.6) is 0 Å². The summed E-state index contributed by atoms with van der Waals surface area (Å²) in [6.45, 7) is 7.58. The van der Waals surface area contributed by atoms with Crippen molar-refractivity contribution >= 4 is 29.7 Å². The molecule has 0 aliphatic heterocycles. The SMILES string of the molecule is CC(C)=CCC/C(C)=C/CC/C(C)=C/CSC[C@H](NC(=O)N(CC#N)CC(N)=O)C(=O)O. The van der Waals surface area contributed by atoms with E-state index in [0.717, 1.165) is 30.6 Å². The predicted molar refractivity (Wildman–Crippen MR) is 129 cm³/mol. The van der Waals surface area contributed by atoms with E-state index in [4.69, 9.17) is 11.0 Å². The van der Waals surface area contributed by atoms with Crippen LogP contribution in [0.2, 0.25) is 0 Å². The minimum atomic E-state index is -1.18. The van der Waals surface area contributed by atoms with Crippen molar-refractivity contribution in [2.75, 3.05) is 24.6 Å². The molecule has 0 spiro atoms. The number of rotatable bonds is 15. The van der Waals surface area contributed by atoms with Crippen LogP contribution in [0.3, 0.4) is 0 Å². The number of carbonyl (C=O) groups excluding carboxylic acids is 2. The Kier molecular flexibility index (Phi) is 15.5. The van der Waals surface area contributed by atoms with E-state index in [0.29, 0.717) is 5.75 Å². The zero-order valence-electron chi connectivity index (χ0n) is 19.5. The quantitative estimate of drug-likeness (QED) is 0.192. The molecule has 3 amide bonds. The van der Waals surface area contributed by atoms with Crippen molar-refractivity contribution in [1.29, 1.82) is 5.26 Å². The molecule has 0 radical (unpaired) electrons. The number of amides is 3. The fraction of sp³-hybridized carbons (Fsp3) is 0.565. The number of allylic oxidation sites excluding steroid dienone is 5. The molecule has 32 heavy (non-hydrogen) atoms. The Morgan fingerprint density at radius 3 is 2.22 bits per heavy atom. The summed E-state index contributed by atoms with van der Waals surface area (Å²) < 4.78 is 0. The number of urea groups is 1. The zero-order chi connectivity index (χ0) is 24.5. The topological polar surface area (TPSA) is 137 Å². The maximum Gasteiger partial charge on any atom is 0.327 e. The molecule has 0 rings (SSSR count). The monoisotopic (exact) mass is 464 g/mol. The van der Waals surface area contributed by atoms with Crippen LogP contribution in [-0.2, 0) is 9.59 Å². The standard InChI is InChI=1S/C23H36N4O4S/c1-17(2)7-5-8-18(3)9-6-10-19(4)11-14-32-16-20(22(29)30)26-23(31)27(13-12-24)15-21(25)28/h7,9,11,20H,5-6,8,10,13-16H2,1-4H3,(H2,25,28)(H,26,31)(H,29,30)/b18-9+,19-11+/t20-/m0/s1. The van der Waals surface area contributed by atoms with Gasteiger partial charge in [0, 0.05) is 11.5 Å². The normalized spacial score (nSPS) is 12.5. The summed E-state index contributed by atoms with van der Waals surface area (Å²) in [6, 6.07) is -0.196. The second-order valence-corrected chi connectivity index (χ2v) is 8.89. The van der Waals surface area contributed by atoms with Gasteiger partial charge in [-0.2, -0.15) is 17.0 Å². The second-order valence-electron chi connectivity index (χ2n) is 7.82. The highest BCUT2D eigenvalue weighted by atomic mass is 32.2. The highest BCUT2D eigenvalue weighted by Gasteiger charge is 2.23. The molecule has 0 heterocycles. The van der Waals surface area contributed by atoms with Crippen LogP contribution in [-0.4, -0.2) is 58.6 Å². The fourth-order valence-electron chi connectivity index (χ4n) is 2.61. The summed E-state index contributed by atoms with van der Waals surface area (Å²) in [5.41, 5.74) is 9.00. The number of primary amides is 1. The third-order valence-electron chi connectivity index (χ3n) is 4.45. The van der Waals surface area contributed by atoms with Gasteiger partial charge in [-0.25, -0.2) is 9.59 Å². The van der Waals surface area contributed by atoms with Gasteiger partial charge < -0.3 is 21.1 Å². The largest absolute Gasteiger partial charge is 0.480 e. The van der Waals surface area contributed by atoms with Crippen LogP contribution in [0.25, 0.3) is 0 Å². The Balaban J connectivity index is 4.49. The Morgan fingerprint density at radius 2 is 1.69 bits per heavy atom. The third kappa shape index (κ3) is 15.1. The Labute approximate surface area is 195 Å². The van der Waals surface area contributed by atoms with Crippen LogP contribution in [0, 0.1) is 11.3 Å². The molecule has 0 aromatic carbocycles. The summed E-state index contributed by atoms with van der Waals surface area (Å²) >= 11 is 1.38. The van der Waals surface area contributed by atoms with E-state index in [1.165, 1.54) is 28.5 Å². The van der Waals surface area contributed by atoms with Gasteiger partial charge >= 0.3 is 12.0 Å². The number of nitrogens with zero attached hydrogens (tertiary/aromatic N) is 2. The number of nitriles is 1. The maximum atomic E-state index is 12.2. The van der Waals surface area contributed by atoms with Gasteiger partial charge in [-0.1, -0.05) is 34.9 Å². The number of thioether (sulfide) groups is 1. The molecule has 0 unspecified atom stereocenters. The molecule has 0 saturated heterocycles. The van der Waals surface area contributed by atoms with Crippen LogP contribution in [0.1, 0.15) is 53.4 Å². The zero-order valence-corrected chi connectivity index (χ0v) is 20.3. The molecule has 4 N–H and O–H groups in total. The third-order valence-corrected chi connectivity index (χ3v) is 5.42. The molecule has 0 bridgehead atoms. The van der Waals surface area contributed by atoms with Crippen molar-refractivity contribution in [1.82, 2.24) is 10.2 Å². The number of nitrogens with two attached hydrogens (primary N) is 1. The number of aliphatic carboxylic acids is 1. The number of nitrogens with one attached hydrogen (secondary N) is 1. The van der Waals surface area contributed by atoms with Crippen molar-refractivity contribution in [3.63, 3.8) is 0 Å². The molecular formula is C23H36N4O4S. The minimum absolute atomic E-state index is 0.158. The predicted octanol–water partition coefficient (Wildman–Crippen LogP) is 3.61. The van der Waals surface area contributed by atoms with E-state index in [9.17, 15) is 19.5 Å². The van der Waals surface area contributed by atoms with Gasteiger partial charge in [0.15, 0.2) is 0 Å². The molecule has 0 aliphatic rings. The second kappa shape index (κ2) is 16.9. The van der Waals surface area contributed by atoms with Gasteiger partial charge in [0.1, 0.15) is 19.1 Å². The fourth-order valence-corrected chi connectivity index (χ4v) is 3.61. The van der Waals surface area contributed by atoms with Crippen molar-refractivity contribution in [3.05, 3.63) is 34.9 Å². The molecule has 0 fully saturated rings. The Hall–Kier alpha value is -2.73. The van der Waals surface area contributed by atoms with Crippen LogP contribution in [0.15, 0.2) is 34.9 Å². The number of carboxylic acid groups (broad SMARTS) is 1. The van der Waals surface area contributed by atoms with Gasteiger partial charge in [-0.3, -0.25) is 4.79 Å². The molecule has 0 aromatic rings. The molecule has 8 nitrogen and oxygen atoms in total. The molecule has 178 valence electrons. The van der Waals surface area contributed by atoms with E-state index >= 15 is 0 Å². The van der Waals surface area contributed by atoms with E-state index in [2.05, 4.69) is 44.3 Å². The molecule has 0 aromatic heterocycles. The lowest BCUT2D eigenvalue weighted by molar-refractivity contribution is -0.138. The van der Waals surface area contributed by atoms with Crippen molar-refractivity contribution in [2.45, 2.75) is 59.4 Å². The van der Waals surface area contributed by atoms with Gasteiger partial charge in [-0.15, -0.1) is 0 Å². The summed E-state index contributed by atoms with van der Waals surface area (Å²) in [5.74, 6) is -1.19. The van der Waals surface area contributed by atoms with Crippen molar-refractivity contribution in [3.8, 4) is 6.07 Å². The van der Waals surface area contributed by atoms with Gasteiger partial charge in [0.25, 0.3) is 0 Å². The lowest BCUT2D eigenvalue weighted by atomic mass is 10.1. The van der Waals surface area contributed by atoms with Crippen molar-refractivity contribution in [2.24, 2.45) is 5.73 Å². The summed E-state index contributed by atoms with van der Waals surface area (Å²) in [5, 5.41) is 20.5. The summed E-state index contributed by atoms with van der Waals surface area (Å²) in [4.78, 5) is 35.5. The van der Waals surface area contributed by atoms with E-state index in [1.54, 1.807) is 6.07 Å². The molecule has 0 aliphatic carbocycles. The van der Waals surface area contributed by atoms with Crippen LogP contribution in [0.4, 0.5) is 4.79 Å². The molecule has 0 saturated carbocycles.